The highest BCUT2D eigenvalue weighted by Crippen LogP contribution is 2.31. The van der Waals surface area contributed by atoms with Gasteiger partial charge in [-0.15, -0.1) is 5.10 Å². The SMILES string of the molecule is CCCNCc1nnnn1-c1cc(Cl)c(Cl)cc1Cl. The first kappa shape index (κ1) is 14.5. The fraction of sp³-hybridized carbons (Fsp3) is 0.364. The largest absolute Gasteiger partial charge is 0.310 e. The Morgan fingerprint density at radius 2 is 1.89 bits per heavy atom. The number of nitrogens with zero attached hydrogens (tertiary/aromatic N) is 4. The maximum Gasteiger partial charge on any atom is 0.170 e. The lowest BCUT2D eigenvalue weighted by atomic mass is 10.3. The van der Waals surface area contributed by atoms with Crippen molar-refractivity contribution in [2.75, 3.05) is 6.54 Å². The Hall–Kier alpha value is -0.880. The number of halogens is 3. The summed E-state index contributed by atoms with van der Waals surface area (Å²) in [5.41, 5.74) is 0.606. The standard InChI is InChI=1S/C11H12Cl3N5/c1-2-3-15-6-11-16-17-18-19(11)10-5-8(13)7(12)4-9(10)14/h4-5,15H,2-3,6H2,1H3. The molecular weight excluding hydrogens is 309 g/mol. The molecule has 0 atom stereocenters. The lowest BCUT2D eigenvalue weighted by molar-refractivity contribution is 0.633. The molecule has 0 fully saturated rings. The Bertz CT molecular complexity index is 569. The van der Waals surface area contributed by atoms with Crippen LogP contribution in [0.4, 0.5) is 0 Å². The highest BCUT2D eigenvalue weighted by Gasteiger charge is 2.13. The second-order valence-corrected chi connectivity index (χ2v) is 5.12. The van der Waals surface area contributed by atoms with Crippen molar-refractivity contribution in [3.63, 3.8) is 0 Å². The Labute approximate surface area is 125 Å². The first-order chi connectivity index (χ1) is 9.13. The lowest BCUT2D eigenvalue weighted by Gasteiger charge is -2.08. The summed E-state index contributed by atoms with van der Waals surface area (Å²) in [6, 6.07) is 3.22. The molecule has 0 amide bonds. The van der Waals surface area contributed by atoms with Crippen LogP contribution in [0.25, 0.3) is 5.69 Å². The van der Waals surface area contributed by atoms with Crippen LogP contribution in [0.1, 0.15) is 19.2 Å². The number of benzene rings is 1. The van der Waals surface area contributed by atoms with Crippen LogP contribution in [0.3, 0.4) is 0 Å². The number of hydrogen-bond acceptors (Lipinski definition) is 4. The molecule has 1 heterocycles. The molecule has 5 nitrogen and oxygen atoms in total. The van der Waals surface area contributed by atoms with Crippen molar-refractivity contribution in [2.45, 2.75) is 19.9 Å². The van der Waals surface area contributed by atoms with Gasteiger partial charge in [-0.05, 0) is 35.5 Å². The zero-order valence-electron chi connectivity index (χ0n) is 10.2. The number of hydrogen-bond donors (Lipinski definition) is 1. The van der Waals surface area contributed by atoms with E-state index in [1.807, 2.05) is 0 Å². The van der Waals surface area contributed by atoms with Gasteiger partial charge in [-0.2, -0.15) is 4.68 Å². The van der Waals surface area contributed by atoms with Crippen molar-refractivity contribution in [3.05, 3.63) is 33.0 Å². The van der Waals surface area contributed by atoms with Gasteiger partial charge in [0.15, 0.2) is 5.82 Å². The quantitative estimate of drug-likeness (QED) is 0.679. The van der Waals surface area contributed by atoms with Crippen LogP contribution in [-0.2, 0) is 6.54 Å². The van der Waals surface area contributed by atoms with Gasteiger partial charge in [0.25, 0.3) is 0 Å². The van der Waals surface area contributed by atoms with Crippen molar-refractivity contribution in [1.82, 2.24) is 25.5 Å². The maximum atomic E-state index is 6.15. The van der Waals surface area contributed by atoms with Crippen LogP contribution >= 0.6 is 34.8 Å². The van der Waals surface area contributed by atoms with E-state index >= 15 is 0 Å². The third-order valence-corrected chi connectivity index (χ3v) is 3.49. The summed E-state index contributed by atoms with van der Waals surface area (Å²) in [6.07, 6.45) is 1.04. The third kappa shape index (κ3) is 3.36. The molecule has 0 radical (unpaired) electrons. The van der Waals surface area contributed by atoms with Gasteiger partial charge in [0.05, 0.1) is 27.3 Å². The second-order valence-electron chi connectivity index (χ2n) is 3.90. The highest BCUT2D eigenvalue weighted by atomic mass is 35.5. The predicted octanol–water partition coefficient (Wildman–Crippen LogP) is 3.12. The van der Waals surface area contributed by atoms with Crippen LogP contribution in [0, 0.1) is 0 Å². The summed E-state index contributed by atoms with van der Waals surface area (Å²) >= 11 is 18.0. The van der Waals surface area contributed by atoms with Crippen molar-refractivity contribution in [3.8, 4) is 5.69 Å². The average Bonchev–Trinajstić information content (AvgIpc) is 2.82. The van der Waals surface area contributed by atoms with E-state index in [0.717, 1.165) is 13.0 Å². The third-order valence-electron chi connectivity index (χ3n) is 2.46. The van der Waals surface area contributed by atoms with Gasteiger partial charge >= 0.3 is 0 Å². The van der Waals surface area contributed by atoms with E-state index in [4.69, 9.17) is 34.8 Å². The minimum Gasteiger partial charge on any atom is -0.310 e. The molecule has 2 rings (SSSR count). The molecule has 0 spiro atoms. The molecule has 0 saturated carbocycles. The molecule has 0 unspecified atom stereocenters. The van der Waals surface area contributed by atoms with E-state index < -0.39 is 0 Å². The molecule has 102 valence electrons. The van der Waals surface area contributed by atoms with Crippen molar-refractivity contribution in [1.29, 1.82) is 0 Å². The second kappa shape index (κ2) is 6.52. The fourth-order valence-corrected chi connectivity index (χ4v) is 2.18. The van der Waals surface area contributed by atoms with Crippen molar-refractivity contribution < 1.29 is 0 Å². The Kier molecular flexibility index (Phi) is 4.99. The Balaban J connectivity index is 2.32. The van der Waals surface area contributed by atoms with Gasteiger partial charge < -0.3 is 5.32 Å². The molecule has 0 aliphatic heterocycles. The normalized spacial score (nSPS) is 10.9. The van der Waals surface area contributed by atoms with Crippen LogP contribution in [0.15, 0.2) is 12.1 Å². The molecule has 1 aromatic carbocycles. The van der Waals surface area contributed by atoms with Gasteiger partial charge in [-0.1, -0.05) is 41.7 Å². The summed E-state index contributed by atoms with van der Waals surface area (Å²) in [7, 11) is 0. The topological polar surface area (TPSA) is 55.6 Å². The molecule has 0 aliphatic carbocycles. The molecule has 2 aromatic rings. The first-order valence-corrected chi connectivity index (χ1v) is 6.89. The van der Waals surface area contributed by atoms with E-state index in [1.165, 1.54) is 0 Å². The molecule has 1 N–H and O–H groups in total. The van der Waals surface area contributed by atoms with Gasteiger partial charge in [0, 0.05) is 0 Å². The Morgan fingerprint density at radius 1 is 1.16 bits per heavy atom. The van der Waals surface area contributed by atoms with Crippen LogP contribution < -0.4 is 5.32 Å². The smallest absolute Gasteiger partial charge is 0.170 e. The number of aromatic nitrogens is 4. The molecule has 0 saturated heterocycles. The summed E-state index contributed by atoms with van der Waals surface area (Å²) in [6.45, 7) is 3.53. The minimum atomic E-state index is 0.397. The summed E-state index contributed by atoms with van der Waals surface area (Å²) in [5.74, 6) is 0.661. The van der Waals surface area contributed by atoms with Crippen LogP contribution in [0.2, 0.25) is 15.1 Å². The Morgan fingerprint density at radius 3 is 2.63 bits per heavy atom. The summed E-state index contributed by atoms with van der Waals surface area (Å²) in [5, 5.41) is 16.0. The number of tetrazole rings is 1. The maximum absolute atomic E-state index is 6.15. The van der Waals surface area contributed by atoms with Crippen LogP contribution in [-0.4, -0.2) is 26.8 Å². The monoisotopic (exact) mass is 319 g/mol. The average molecular weight is 321 g/mol. The van der Waals surface area contributed by atoms with Crippen LogP contribution in [0.5, 0.6) is 0 Å². The molecule has 1 aromatic heterocycles. The van der Waals surface area contributed by atoms with E-state index in [0.29, 0.717) is 33.1 Å². The fourth-order valence-electron chi connectivity index (χ4n) is 1.55. The minimum absolute atomic E-state index is 0.397. The van der Waals surface area contributed by atoms with E-state index in [2.05, 4.69) is 27.8 Å². The van der Waals surface area contributed by atoms with Gasteiger partial charge in [0.2, 0.25) is 0 Å². The van der Waals surface area contributed by atoms with E-state index in [9.17, 15) is 0 Å². The van der Waals surface area contributed by atoms with Gasteiger partial charge in [-0.3, -0.25) is 0 Å². The zero-order chi connectivity index (χ0) is 13.8. The molecule has 8 heteroatoms. The summed E-state index contributed by atoms with van der Waals surface area (Å²) in [4.78, 5) is 0. The van der Waals surface area contributed by atoms with Gasteiger partial charge in [0.1, 0.15) is 0 Å². The summed E-state index contributed by atoms with van der Waals surface area (Å²) < 4.78 is 1.55. The zero-order valence-corrected chi connectivity index (χ0v) is 12.5. The van der Waals surface area contributed by atoms with E-state index in [-0.39, 0.29) is 0 Å². The predicted molar refractivity (Wildman–Crippen MR) is 76.2 cm³/mol. The molecule has 0 bridgehead atoms. The highest BCUT2D eigenvalue weighted by molar-refractivity contribution is 6.43. The molecule has 0 aliphatic rings. The molecular formula is C11H12Cl3N5. The van der Waals surface area contributed by atoms with Gasteiger partial charge in [-0.25, -0.2) is 0 Å². The van der Waals surface area contributed by atoms with Crippen molar-refractivity contribution >= 4 is 34.8 Å². The lowest BCUT2D eigenvalue weighted by Crippen LogP contribution is -2.17. The number of nitrogens with one attached hydrogen (secondary N) is 1. The molecule has 19 heavy (non-hydrogen) atoms. The first-order valence-electron chi connectivity index (χ1n) is 5.76. The number of rotatable bonds is 5. The van der Waals surface area contributed by atoms with Crippen molar-refractivity contribution in [2.24, 2.45) is 0 Å². The van der Waals surface area contributed by atoms with E-state index in [1.54, 1.807) is 16.8 Å².